The van der Waals surface area contributed by atoms with Crippen molar-refractivity contribution in [1.82, 2.24) is 9.21 Å². The van der Waals surface area contributed by atoms with Crippen molar-refractivity contribution in [2.24, 2.45) is 0 Å². The minimum absolute atomic E-state index is 0.00646. The maximum atomic E-state index is 12.6. The molecule has 2 N–H and O–H groups in total. The molecule has 0 aliphatic carbocycles. The number of carbonyl (C=O) groups is 1. The second-order valence-electron chi connectivity index (χ2n) is 7.48. The summed E-state index contributed by atoms with van der Waals surface area (Å²) in [7, 11) is -1.63. The van der Waals surface area contributed by atoms with Gasteiger partial charge in [-0.3, -0.25) is 4.79 Å². The third kappa shape index (κ3) is 5.68. The van der Waals surface area contributed by atoms with Gasteiger partial charge in [0.25, 0.3) is 5.91 Å². The Morgan fingerprint density at radius 1 is 0.933 bits per heavy atom. The predicted molar refractivity (Wildman–Crippen MR) is 119 cm³/mol. The van der Waals surface area contributed by atoms with Crippen molar-refractivity contribution >= 4 is 15.9 Å². The van der Waals surface area contributed by atoms with Crippen LogP contribution in [0, 0.1) is 0 Å². The lowest BCUT2D eigenvalue weighted by Gasteiger charge is -2.25. The summed E-state index contributed by atoms with van der Waals surface area (Å²) < 4.78 is 26.7. The Morgan fingerprint density at radius 3 is 2.03 bits per heavy atom. The Bertz CT molecular complexity index is 910. The number of sulfonamides is 1. The number of likely N-dealkylation sites (N-methyl/N-ethyl adjacent to an activating group) is 1. The van der Waals surface area contributed by atoms with E-state index in [1.54, 1.807) is 17.0 Å². The fourth-order valence-corrected chi connectivity index (χ4v) is 4.84. The zero-order chi connectivity index (χ0) is 22.3. The highest BCUT2D eigenvalue weighted by Crippen LogP contribution is 2.19. The zero-order valence-corrected chi connectivity index (χ0v) is 19.4. The number of hydrogen-bond donors (Lipinski definition) is 1. The van der Waals surface area contributed by atoms with Crippen LogP contribution in [-0.4, -0.2) is 50.2 Å². The first-order valence-corrected chi connectivity index (χ1v) is 11.9. The molecule has 0 saturated heterocycles. The lowest BCUT2D eigenvalue weighted by molar-refractivity contribution is -0.683. The van der Waals surface area contributed by atoms with Crippen molar-refractivity contribution in [2.45, 2.75) is 44.7 Å². The van der Waals surface area contributed by atoms with E-state index in [1.165, 1.54) is 4.31 Å². The van der Waals surface area contributed by atoms with Gasteiger partial charge in [-0.2, -0.15) is 4.31 Å². The van der Waals surface area contributed by atoms with Gasteiger partial charge in [0.2, 0.25) is 10.0 Å². The van der Waals surface area contributed by atoms with E-state index in [-0.39, 0.29) is 18.0 Å². The van der Waals surface area contributed by atoms with Crippen molar-refractivity contribution in [2.75, 3.05) is 26.7 Å². The van der Waals surface area contributed by atoms with Gasteiger partial charge in [-0.15, -0.1) is 0 Å². The lowest BCUT2D eigenvalue weighted by Crippen LogP contribution is -2.87. The molecule has 164 valence electrons. The van der Waals surface area contributed by atoms with Crippen molar-refractivity contribution in [1.29, 1.82) is 0 Å². The Hall–Kier alpha value is -2.22. The molecule has 0 aliphatic heterocycles. The molecule has 2 rings (SSSR count). The van der Waals surface area contributed by atoms with Crippen LogP contribution in [0.1, 0.15) is 50.9 Å². The van der Waals surface area contributed by atoms with E-state index in [0.29, 0.717) is 24.5 Å². The minimum atomic E-state index is -3.45. The van der Waals surface area contributed by atoms with E-state index >= 15 is 0 Å². The van der Waals surface area contributed by atoms with Crippen molar-refractivity contribution in [3.63, 3.8) is 0 Å². The molecule has 7 heteroatoms. The van der Waals surface area contributed by atoms with Gasteiger partial charge >= 0.3 is 0 Å². The van der Waals surface area contributed by atoms with Gasteiger partial charge in [0, 0.05) is 25.7 Å². The summed E-state index contributed by atoms with van der Waals surface area (Å²) in [6.45, 7) is 8.92. The number of carbonyl (C=O) groups excluding carboxylic acids is 1. The first-order valence-electron chi connectivity index (χ1n) is 10.5. The van der Waals surface area contributed by atoms with Crippen LogP contribution in [0.25, 0.3) is 0 Å². The van der Waals surface area contributed by atoms with Gasteiger partial charge in [0.05, 0.1) is 10.9 Å². The van der Waals surface area contributed by atoms with Crippen LogP contribution in [0.2, 0.25) is 0 Å². The molecule has 1 amide bonds. The third-order valence-corrected chi connectivity index (χ3v) is 7.72. The lowest BCUT2D eigenvalue weighted by atomic mass is 10.1. The summed E-state index contributed by atoms with van der Waals surface area (Å²) in [6, 6.07) is 17.0. The summed E-state index contributed by atoms with van der Waals surface area (Å²) in [4.78, 5) is 14.7. The molecular weight excluding hydrogens is 398 g/mol. The molecule has 0 unspecified atom stereocenters. The zero-order valence-electron chi connectivity index (χ0n) is 18.6. The van der Waals surface area contributed by atoms with Crippen molar-refractivity contribution in [3.8, 4) is 0 Å². The van der Waals surface area contributed by atoms with Crippen LogP contribution in [-0.2, 0) is 14.8 Å². The second-order valence-corrected chi connectivity index (χ2v) is 9.42. The summed E-state index contributed by atoms with van der Waals surface area (Å²) in [5.74, 6) is 0.0546. The molecule has 2 aromatic carbocycles. The number of benzene rings is 2. The van der Waals surface area contributed by atoms with Gasteiger partial charge in [0.15, 0.2) is 6.54 Å². The number of hydrogen-bond acceptors (Lipinski definition) is 3. The maximum absolute atomic E-state index is 12.6. The monoisotopic (exact) mass is 432 g/mol. The van der Waals surface area contributed by atoms with E-state index in [1.807, 2.05) is 82.5 Å². The van der Waals surface area contributed by atoms with E-state index in [2.05, 4.69) is 0 Å². The van der Waals surface area contributed by atoms with E-state index in [4.69, 9.17) is 0 Å². The highest BCUT2D eigenvalue weighted by Gasteiger charge is 2.23. The van der Waals surface area contributed by atoms with Crippen LogP contribution in [0.3, 0.4) is 0 Å². The van der Waals surface area contributed by atoms with Gasteiger partial charge in [-0.1, -0.05) is 56.3 Å². The minimum Gasteiger partial charge on any atom is -0.334 e. The first kappa shape index (κ1) is 24.1. The highest BCUT2D eigenvalue weighted by atomic mass is 32.2. The van der Waals surface area contributed by atoms with Gasteiger partial charge in [0.1, 0.15) is 6.04 Å². The fourth-order valence-electron chi connectivity index (χ4n) is 3.38. The molecule has 6 nitrogen and oxygen atoms in total. The fraction of sp³-hybridized carbons (Fsp3) is 0.435. The molecule has 0 fully saturated rings. The number of rotatable bonds is 10. The molecular formula is C23H34N3O3S+. The molecule has 30 heavy (non-hydrogen) atoms. The molecule has 0 spiro atoms. The molecule has 2 atom stereocenters. The Morgan fingerprint density at radius 2 is 1.50 bits per heavy atom. The normalized spacial score (nSPS) is 13.8. The van der Waals surface area contributed by atoms with E-state index in [9.17, 15) is 13.2 Å². The maximum Gasteiger partial charge on any atom is 0.277 e. The predicted octanol–water partition coefficient (Wildman–Crippen LogP) is 2.56. The van der Waals surface area contributed by atoms with Crippen molar-refractivity contribution < 1.29 is 18.5 Å². The molecule has 0 radical (unpaired) electrons. The number of nitrogens with two attached hydrogens (primary N) is 1. The highest BCUT2D eigenvalue weighted by molar-refractivity contribution is 7.89. The smallest absolute Gasteiger partial charge is 0.277 e. The van der Waals surface area contributed by atoms with E-state index in [0.717, 1.165) is 11.1 Å². The molecule has 0 aromatic heterocycles. The van der Waals surface area contributed by atoms with Crippen molar-refractivity contribution in [3.05, 3.63) is 65.7 Å². The van der Waals surface area contributed by atoms with Crippen LogP contribution >= 0.6 is 0 Å². The van der Waals surface area contributed by atoms with Crippen LogP contribution < -0.4 is 5.32 Å². The number of nitrogens with zero attached hydrogens (tertiary/aromatic N) is 2. The van der Waals surface area contributed by atoms with Gasteiger partial charge in [-0.05, 0) is 31.5 Å². The molecule has 0 heterocycles. The molecule has 0 saturated carbocycles. The quantitative estimate of drug-likeness (QED) is 0.627. The molecule has 2 aromatic rings. The van der Waals surface area contributed by atoms with Crippen LogP contribution in [0.4, 0.5) is 0 Å². The molecule has 0 aliphatic rings. The summed E-state index contributed by atoms with van der Waals surface area (Å²) in [6.07, 6.45) is 0. The summed E-state index contributed by atoms with van der Waals surface area (Å²) in [5.41, 5.74) is 2.09. The average Bonchev–Trinajstić information content (AvgIpc) is 2.77. The SMILES string of the molecule is CCN(CC)S(=O)(=O)c1ccc([C@H](C)[NH2+]CC(=O)N(C)[C@H](C)c2ccccc2)cc1. The Kier molecular flexibility index (Phi) is 8.58. The third-order valence-electron chi connectivity index (χ3n) is 5.65. The standard InChI is InChI=1S/C23H33N3O3S/c1-6-26(7-2)30(28,29)22-15-13-20(14-16-22)18(3)24-17-23(27)25(5)19(4)21-11-9-8-10-12-21/h8-16,18-19,24H,6-7,17H2,1-5H3/p+1/t18-,19+/m0/s1. The average molecular weight is 433 g/mol. The van der Waals surface area contributed by atoms with Gasteiger partial charge in [-0.25, -0.2) is 8.42 Å². The first-order chi connectivity index (χ1) is 14.2. The van der Waals surface area contributed by atoms with E-state index < -0.39 is 10.0 Å². The van der Waals surface area contributed by atoms with Gasteiger partial charge < -0.3 is 10.2 Å². The largest absolute Gasteiger partial charge is 0.334 e. The Balaban J connectivity index is 1.98. The summed E-state index contributed by atoms with van der Waals surface area (Å²) >= 11 is 0. The summed E-state index contributed by atoms with van der Waals surface area (Å²) in [5, 5.41) is 1.98. The number of quaternary nitrogens is 1. The second kappa shape index (κ2) is 10.7. The topological polar surface area (TPSA) is 74.3 Å². The number of amides is 1. The Labute approximate surface area is 180 Å². The molecule has 0 bridgehead atoms. The van der Waals surface area contributed by atoms with Crippen LogP contribution in [0.15, 0.2) is 59.5 Å². The van der Waals surface area contributed by atoms with Crippen LogP contribution in [0.5, 0.6) is 0 Å².